The van der Waals surface area contributed by atoms with Gasteiger partial charge >= 0.3 is 0 Å². The number of rotatable bonds is 6. The van der Waals surface area contributed by atoms with Gasteiger partial charge in [0.2, 0.25) is 5.91 Å². The van der Waals surface area contributed by atoms with E-state index in [0.29, 0.717) is 23.4 Å². The third kappa shape index (κ3) is 3.99. The summed E-state index contributed by atoms with van der Waals surface area (Å²) in [6.07, 6.45) is 5.56. The van der Waals surface area contributed by atoms with E-state index < -0.39 is 12.1 Å². The van der Waals surface area contributed by atoms with Crippen molar-refractivity contribution in [2.75, 3.05) is 5.32 Å². The molecule has 1 amide bonds. The van der Waals surface area contributed by atoms with Gasteiger partial charge in [0.15, 0.2) is 5.78 Å². The highest BCUT2D eigenvalue weighted by atomic mass is 19.1. The second-order valence-corrected chi connectivity index (χ2v) is 7.39. The summed E-state index contributed by atoms with van der Waals surface area (Å²) in [5, 5.41) is 3.44. The van der Waals surface area contributed by atoms with Crippen LogP contribution < -0.4 is 5.32 Å². The maximum absolute atomic E-state index is 13.0. The number of hydrogen-bond donors (Lipinski definition) is 1. The Kier molecular flexibility index (Phi) is 5.05. The van der Waals surface area contributed by atoms with Gasteiger partial charge in [-0.15, -0.1) is 0 Å². The number of anilines is 1. The summed E-state index contributed by atoms with van der Waals surface area (Å²) in [5.74, 6) is -0.507. The summed E-state index contributed by atoms with van der Waals surface area (Å²) in [6, 6.07) is 5.42. The average molecular weight is 392 g/mol. The molecule has 0 aromatic carbocycles. The van der Waals surface area contributed by atoms with Crippen molar-refractivity contribution in [2.45, 2.75) is 39.3 Å². The van der Waals surface area contributed by atoms with Gasteiger partial charge in [-0.1, -0.05) is 6.92 Å². The molecule has 0 bridgehead atoms. The van der Waals surface area contributed by atoms with Crippen molar-refractivity contribution < 1.29 is 14.0 Å². The van der Waals surface area contributed by atoms with E-state index in [1.54, 1.807) is 24.7 Å². The van der Waals surface area contributed by atoms with E-state index in [9.17, 15) is 14.0 Å². The van der Waals surface area contributed by atoms with E-state index in [0.717, 1.165) is 28.5 Å². The second kappa shape index (κ2) is 7.66. The first-order valence-electron chi connectivity index (χ1n) is 9.67. The number of ketones is 1. The monoisotopic (exact) mass is 392 g/mol. The van der Waals surface area contributed by atoms with Crippen LogP contribution in [-0.4, -0.2) is 32.8 Å². The van der Waals surface area contributed by atoms with Crippen LogP contribution in [0.2, 0.25) is 0 Å². The van der Waals surface area contributed by atoms with E-state index in [4.69, 9.17) is 0 Å². The fraction of sp³-hybridized carbons (Fsp3) is 0.318. The fourth-order valence-corrected chi connectivity index (χ4v) is 3.26. The van der Waals surface area contributed by atoms with E-state index in [1.807, 2.05) is 26.0 Å². The molecule has 29 heavy (non-hydrogen) atoms. The Balaban J connectivity index is 1.58. The van der Waals surface area contributed by atoms with Crippen LogP contribution in [0, 0.1) is 12.8 Å². The first-order chi connectivity index (χ1) is 14.0. The summed E-state index contributed by atoms with van der Waals surface area (Å²) < 4.78 is 13.0. The Hall–Kier alpha value is -3.22. The summed E-state index contributed by atoms with van der Waals surface area (Å²) in [4.78, 5) is 37.0. The summed E-state index contributed by atoms with van der Waals surface area (Å²) in [5.41, 5.74) is 3.87. The summed E-state index contributed by atoms with van der Waals surface area (Å²) in [7, 11) is 0. The number of carbonyl (C=O) groups is 2. The van der Waals surface area contributed by atoms with Gasteiger partial charge < -0.3 is 5.32 Å². The van der Waals surface area contributed by atoms with E-state index in [1.165, 1.54) is 0 Å². The number of Topliss-reactive ketones (excluding diaryl/α,β-unsaturated/α-hetero) is 1. The quantitative estimate of drug-likeness (QED) is 0.633. The standard InChI is InChI=1S/C22H21FN4O2/c1-3-4-20(28)19-5-12(2)16(11-25-19)13-6-14-10-26-21(8-18(14)24-9-13)27-22(29)15-7-17(15)23/h5-6,8-11,15,17H,3-4,7H2,1-2H3,(H,26,27,29)/t15-,17+/m1/s1. The molecule has 3 aromatic rings. The molecule has 1 aliphatic rings. The fourth-order valence-electron chi connectivity index (χ4n) is 3.26. The minimum Gasteiger partial charge on any atom is -0.310 e. The number of pyridine rings is 3. The van der Waals surface area contributed by atoms with Crippen LogP contribution in [0.4, 0.5) is 10.2 Å². The van der Waals surface area contributed by atoms with Crippen molar-refractivity contribution in [1.29, 1.82) is 0 Å². The van der Waals surface area contributed by atoms with Crippen molar-refractivity contribution in [3.63, 3.8) is 0 Å². The van der Waals surface area contributed by atoms with Gasteiger partial charge in [-0.05, 0) is 37.5 Å². The van der Waals surface area contributed by atoms with Crippen LogP contribution in [0.3, 0.4) is 0 Å². The lowest BCUT2D eigenvalue weighted by Gasteiger charge is -2.09. The Morgan fingerprint density at radius 1 is 1.14 bits per heavy atom. The predicted octanol–water partition coefficient (Wildman–Crippen LogP) is 4.28. The lowest BCUT2D eigenvalue weighted by Crippen LogP contribution is -2.15. The molecule has 148 valence electrons. The van der Waals surface area contributed by atoms with Crippen LogP contribution in [0.5, 0.6) is 0 Å². The average Bonchev–Trinajstić information content (AvgIpc) is 3.44. The lowest BCUT2D eigenvalue weighted by molar-refractivity contribution is -0.117. The van der Waals surface area contributed by atoms with Gasteiger partial charge in [-0.3, -0.25) is 19.6 Å². The van der Waals surface area contributed by atoms with Crippen LogP contribution >= 0.6 is 0 Å². The van der Waals surface area contributed by atoms with Crippen molar-refractivity contribution in [2.24, 2.45) is 5.92 Å². The number of fused-ring (bicyclic) bond motifs is 1. The number of nitrogens with zero attached hydrogens (tertiary/aromatic N) is 3. The zero-order valence-electron chi connectivity index (χ0n) is 16.3. The highest BCUT2D eigenvalue weighted by molar-refractivity contribution is 5.96. The van der Waals surface area contributed by atoms with Gasteiger partial charge in [-0.25, -0.2) is 9.37 Å². The molecular weight excluding hydrogens is 371 g/mol. The smallest absolute Gasteiger partial charge is 0.231 e. The topological polar surface area (TPSA) is 84.8 Å². The van der Waals surface area contributed by atoms with E-state index in [-0.39, 0.29) is 18.1 Å². The molecule has 0 saturated heterocycles. The molecule has 1 N–H and O–H groups in total. The molecule has 2 atom stereocenters. The third-order valence-electron chi connectivity index (χ3n) is 5.05. The Morgan fingerprint density at radius 3 is 2.62 bits per heavy atom. The minimum atomic E-state index is -1.04. The molecule has 3 heterocycles. The van der Waals surface area contributed by atoms with Crippen molar-refractivity contribution >= 4 is 28.4 Å². The van der Waals surface area contributed by atoms with Gasteiger partial charge in [0.25, 0.3) is 0 Å². The number of aromatic nitrogens is 3. The summed E-state index contributed by atoms with van der Waals surface area (Å²) >= 11 is 0. The second-order valence-electron chi connectivity index (χ2n) is 7.39. The number of carbonyl (C=O) groups excluding carboxylic acids is 2. The number of amides is 1. The zero-order chi connectivity index (χ0) is 20.5. The number of alkyl halides is 1. The van der Waals surface area contributed by atoms with Gasteiger partial charge in [0.1, 0.15) is 17.7 Å². The largest absolute Gasteiger partial charge is 0.310 e. The third-order valence-corrected chi connectivity index (χ3v) is 5.05. The van der Waals surface area contributed by atoms with E-state index in [2.05, 4.69) is 20.3 Å². The Labute approximate surface area is 167 Å². The van der Waals surface area contributed by atoms with Gasteiger partial charge in [-0.2, -0.15) is 0 Å². The molecule has 7 heteroatoms. The van der Waals surface area contributed by atoms with Crippen molar-refractivity contribution in [3.8, 4) is 11.1 Å². The van der Waals surface area contributed by atoms with E-state index >= 15 is 0 Å². The van der Waals surface area contributed by atoms with Gasteiger partial charge in [0, 0.05) is 47.6 Å². The molecule has 1 saturated carbocycles. The molecule has 0 spiro atoms. The zero-order valence-corrected chi connectivity index (χ0v) is 16.3. The lowest BCUT2D eigenvalue weighted by atomic mass is 10.0. The Morgan fingerprint density at radius 2 is 1.93 bits per heavy atom. The molecule has 0 unspecified atom stereocenters. The maximum atomic E-state index is 13.0. The molecule has 1 fully saturated rings. The highest BCUT2D eigenvalue weighted by Gasteiger charge is 2.43. The molecule has 1 aliphatic carbocycles. The number of nitrogens with one attached hydrogen (secondary N) is 1. The van der Waals surface area contributed by atoms with Crippen LogP contribution in [-0.2, 0) is 4.79 Å². The minimum absolute atomic E-state index is 0.0443. The van der Waals surface area contributed by atoms with Crippen molar-refractivity contribution in [3.05, 3.63) is 48.0 Å². The SMILES string of the molecule is CCCC(=O)c1cc(C)c(-c2cnc3cc(NC(=O)[C@@H]4C[C@@H]4F)ncc3c2)cn1. The molecule has 0 radical (unpaired) electrons. The molecule has 6 nitrogen and oxygen atoms in total. The number of hydrogen-bond acceptors (Lipinski definition) is 5. The van der Waals surface area contributed by atoms with Crippen LogP contribution in [0.25, 0.3) is 22.0 Å². The van der Waals surface area contributed by atoms with Crippen molar-refractivity contribution in [1.82, 2.24) is 15.0 Å². The number of aryl methyl sites for hydroxylation is 1. The number of halogens is 1. The molecule has 0 aliphatic heterocycles. The maximum Gasteiger partial charge on any atom is 0.231 e. The highest BCUT2D eigenvalue weighted by Crippen LogP contribution is 2.34. The molecular formula is C22H21FN4O2. The Bertz CT molecular complexity index is 1120. The molecule has 4 rings (SSSR count). The first-order valence-corrected chi connectivity index (χ1v) is 9.67. The van der Waals surface area contributed by atoms with Gasteiger partial charge in [0.05, 0.1) is 11.4 Å². The van der Waals surface area contributed by atoms with Crippen LogP contribution in [0.15, 0.2) is 36.8 Å². The normalized spacial score (nSPS) is 17.9. The first kappa shape index (κ1) is 19.1. The molecule has 3 aromatic heterocycles. The predicted molar refractivity (Wildman–Crippen MR) is 108 cm³/mol. The van der Waals surface area contributed by atoms with Crippen LogP contribution in [0.1, 0.15) is 42.2 Å². The summed E-state index contributed by atoms with van der Waals surface area (Å²) in [6.45, 7) is 3.91.